The summed E-state index contributed by atoms with van der Waals surface area (Å²) in [5.74, 6) is 0. The largest absolute Gasteiger partial charge is 0.452 e. The van der Waals surface area contributed by atoms with Gasteiger partial charge in [0, 0.05) is 28.3 Å². The molecule has 3 heteroatoms. The molecule has 11 aromatic rings. The van der Waals surface area contributed by atoms with E-state index in [4.69, 9.17) is 4.42 Å². The number of fused-ring (bicyclic) bond motifs is 9. The Hall–Kier alpha value is -7.23. The summed E-state index contributed by atoms with van der Waals surface area (Å²) < 4.78 is 6.57. The number of anilines is 3. The Kier molecular flexibility index (Phi) is 6.86. The zero-order chi connectivity index (χ0) is 35.6. The average molecular weight is 689 g/mol. The monoisotopic (exact) mass is 688 g/mol. The number of hydrogen-bond acceptors (Lipinski definition) is 3. The first-order valence-electron chi connectivity index (χ1n) is 18.4. The van der Waals surface area contributed by atoms with Crippen LogP contribution in [0.1, 0.15) is 0 Å². The smallest absolute Gasteiger partial charge is 0.159 e. The highest BCUT2D eigenvalue weighted by molar-refractivity contribution is 6.15. The second-order valence-corrected chi connectivity index (χ2v) is 13.9. The van der Waals surface area contributed by atoms with Gasteiger partial charge in [-0.3, -0.25) is 4.98 Å². The number of pyridine rings is 1. The van der Waals surface area contributed by atoms with Crippen LogP contribution in [0.15, 0.2) is 199 Å². The summed E-state index contributed by atoms with van der Waals surface area (Å²) in [6, 6.07) is 65.7. The molecule has 0 bridgehead atoms. The lowest BCUT2D eigenvalue weighted by molar-refractivity contribution is 0.667. The minimum absolute atomic E-state index is 0.775. The number of rotatable bonds is 5. The molecule has 0 saturated heterocycles. The van der Waals surface area contributed by atoms with E-state index >= 15 is 0 Å². The van der Waals surface area contributed by atoms with Gasteiger partial charge in [-0.05, 0) is 114 Å². The van der Waals surface area contributed by atoms with Crippen molar-refractivity contribution < 1.29 is 4.42 Å². The van der Waals surface area contributed by atoms with Crippen molar-refractivity contribution in [3.05, 3.63) is 194 Å². The Bertz CT molecular complexity index is 3050. The number of para-hydroxylation sites is 1. The molecule has 2 aromatic heterocycles. The second-order valence-electron chi connectivity index (χ2n) is 13.9. The minimum atomic E-state index is 0.775. The average Bonchev–Trinajstić information content (AvgIpc) is 3.63. The Labute approximate surface area is 312 Å². The highest BCUT2D eigenvalue weighted by Crippen LogP contribution is 2.44. The first kappa shape index (κ1) is 30.4. The first-order valence-corrected chi connectivity index (χ1v) is 18.4. The molecule has 0 N–H and O–H groups in total. The fraction of sp³-hybridized carbons (Fsp3) is 0. The molecule has 3 nitrogen and oxygen atoms in total. The van der Waals surface area contributed by atoms with Crippen molar-refractivity contribution in [3.8, 4) is 22.3 Å². The van der Waals surface area contributed by atoms with E-state index in [1.54, 1.807) is 6.20 Å². The predicted octanol–water partition coefficient (Wildman–Crippen LogP) is 14.4. The van der Waals surface area contributed by atoms with Crippen LogP contribution in [-0.2, 0) is 0 Å². The molecule has 0 aliphatic heterocycles. The van der Waals surface area contributed by atoms with Gasteiger partial charge in [0.2, 0.25) is 0 Å². The van der Waals surface area contributed by atoms with Crippen LogP contribution in [0.2, 0.25) is 0 Å². The van der Waals surface area contributed by atoms with Crippen LogP contribution in [0.5, 0.6) is 0 Å². The maximum Gasteiger partial charge on any atom is 0.159 e. The second kappa shape index (κ2) is 12.2. The number of hydrogen-bond donors (Lipinski definition) is 0. The highest BCUT2D eigenvalue weighted by Gasteiger charge is 2.20. The summed E-state index contributed by atoms with van der Waals surface area (Å²) in [6.07, 6.45) is 3.63. The third-order valence-electron chi connectivity index (χ3n) is 10.9. The minimum Gasteiger partial charge on any atom is -0.452 e. The maximum absolute atomic E-state index is 6.57. The van der Waals surface area contributed by atoms with Crippen molar-refractivity contribution in [1.82, 2.24) is 4.98 Å². The lowest BCUT2D eigenvalue weighted by atomic mass is 9.93. The summed E-state index contributed by atoms with van der Waals surface area (Å²) in [5.41, 5.74) is 9.45. The molecule has 11 rings (SSSR count). The van der Waals surface area contributed by atoms with Crippen molar-refractivity contribution in [1.29, 1.82) is 0 Å². The first-order chi connectivity index (χ1) is 26.8. The molecule has 0 amide bonds. The molecule has 0 saturated carbocycles. The zero-order valence-electron chi connectivity index (χ0n) is 29.3. The number of aromatic nitrogens is 1. The molecular weight excluding hydrogens is 657 g/mol. The summed E-state index contributed by atoms with van der Waals surface area (Å²) in [5, 5.41) is 12.2. The van der Waals surface area contributed by atoms with E-state index in [1.807, 2.05) is 12.3 Å². The number of nitrogens with zero attached hydrogens (tertiary/aromatic N) is 2. The Morgan fingerprint density at radius 2 is 0.870 bits per heavy atom. The van der Waals surface area contributed by atoms with E-state index in [0.29, 0.717) is 0 Å². The van der Waals surface area contributed by atoms with Gasteiger partial charge in [-0.25, -0.2) is 0 Å². The quantitative estimate of drug-likeness (QED) is 0.169. The molecule has 0 spiro atoms. The molecule has 0 radical (unpaired) electrons. The van der Waals surface area contributed by atoms with Gasteiger partial charge in [-0.15, -0.1) is 0 Å². The van der Waals surface area contributed by atoms with E-state index in [0.717, 1.165) is 39.0 Å². The Balaban J connectivity index is 1.08. The molecule has 0 aliphatic rings. The predicted molar refractivity (Wildman–Crippen MR) is 227 cm³/mol. The van der Waals surface area contributed by atoms with Crippen molar-refractivity contribution >= 4 is 82.1 Å². The standard InChI is InChI=1S/C51H32N2O/c1-3-12-39-35(10-1)30-47(43-16-7-5-14-41(39)43)33-20-24-37(25-21-33)53(49-19-9-18-46-45-28-29-52-32-50(45)54-51(46)49)38-26-22-34(23-27-38)48-31-36-11-2-4-13-40(36)42-15-6-8-17-44(42)48/h1-32H. The van der Waals surface area contributed by atoms with Crippen LogP contribution in [0.3, 0.4) is 0 Å². The van der Waals surface area contributed by atoms with Gasteiger partial charge in [0.15, 0.2) is 11.2 Å². The fourth-order valence-corrected chi connectivity index (χ4v) is 8.41. The van der Waals surface area contributed by atoms with Gasteiger partial charge in [0.1, 0.15) is 0 Å². The summed E-state index contributed by atoms with van der Waals surface area (Å²) in [4.78, 5) is 6.66. The topological polar surface area (TPSA) is 29.3 Å². The third-order valence-corrected chi connectivity index (χ3v) is 10.9. The van der Waals surface area contributed by atoms with Crippen molar-refractivity contribution in [3.63, 3.8) is 0 Å². The van der Waals surface area contributed by atoms with E-state index < -0.39 is 0 Å². The van der Waals surface area contributed by atoms with Crippen LogP contribution in [0, 0.1) is 0 Å². The summed E-state index contributed by atoms with van der Waals surface area (Å²) in [6.45, 7) is 0. The van der Waals surface area contributed by atoms with E-state index in [2.05, 4.69) is 186 Å². The van der Waals surface area contributed by atoms with Crippen molar-refractivity contribution in [2.45, 2.75) is 0 Å². The summed E-state index contributed by atoms with van der Waals surface area (Å²) in [7, 11) is 0. The van der Waals surface area contributed by atoms with Crippen molar-refractivity contribution in [2.24, 2.45) is 0 Å². The van der Waals surface area contributed by atoms with Gasteiger partial charge in [-0.2, -0.15) is 0 Å². The molecule has 0 atom stereocenters. The van der Waals surface area contributed by atoms with Crippen molar-refractivity contribution in [2.75, 3.05) is 4.90 Å². The van der Waals surface area contributed by atoms with Gasteiger partial charge >= 0.3 is 0 Å². The van der Waals surface area contributed by atoms with Crippen LogP contribution < -0.4 is 4.90 Å². The number of furan rings is 1. The molecule has 2 heterocycles. The molecular formula is C51H32N2O. The zero-order valence-corrected chi connectivity index (χ0v) is 29.3. The number of benzene rings is 9. The van der Waals surface area contributed by atoms with Gasteiger partial charge in [0.25, 0.3) is 0 Å². The molecule has 252 valence electrons. The molecule has 0 unspecified atom stereocenters. The van der Waals surface area contributed by atoms with Crippen LogP contribution >= 0.6 is 0 Å². The maximum atomic E-state index is 6.57. The Morgan fingerprint density at radius 3 is 1.43 bits per heavy atom. The molecule has 54 heavy (non-hydrogen) atoms. The molecule has 9 aromatic carbocycles. The molecule has 0 aliphatic carbocycles. The SMILES string of the molecule is c1ccc2c(c1)cc(-c1ccc(N(c3ccc(-c4cc5ccccc5c5ccccc45)cc3)c3cccc4c3oc3cnccc34)cc1)c1ccccc12. The summed E-state index contributed by atoms with van der Waals surface area (Å²) >= 11 is 0. The Morgan fingerprint density at radius 1 is 0.389 bits per heavy atom. The van der Waals surface area contributed by atoms with Gasteiger partial charge in [-0.1, -0.05) is 133 Å². The van der Waals surface area contributed by atoms with Crippen LogP contribution in [-0.4, -0.2) is 4.98 Å². The van der Waals surface area contributed by atoms with Gasteiger partial charge < -0.3 is 9.32 Å². The highest BCUT2D eigenvalue weighted by atomic mass is 16.3. The molecule has 0 fully saturated rings. The van der Waals surface area contributed by atoms with E-state index in [9.17, 15) is 0 Å². The lowest BCUT2D eigenvalue weighted by Gasteiger charge is -2.26. The van der Waals surface area contributed by atoms with Crippen LogP contribution in [0.4, 0.5) is 17.1 Å². The fourth-order valence-electron chi connectivity index (χ4n) is 8.41. The van der Waals surface area contributed by atoms with Crippen LogP contribution in [0.25, 0.3) is 87.3 Å². The lowest BCUT2D eigenvalue weighted by Crippen LogP contribution is -2.10. The van der Waals surface area contributed by atoms with E-state index in [1.165, 1.54) is 65.3 Å². The normalized spacial score (nSPS) is 11.7. The van der Waals surface area contributed by atoms with Gasteiger partial charge in [0.05, 0.1) is 11.9 Å². The van der Waals surface area contributed by atoms with E-state index in [-0.39, 0.29) is 0 Å². The third kappa shape index (κ3) is 4.79.